The van der Waals surface area contributed by atoms with Crippen LogP contribution in [-0.2, 0) is 0 Å². The van der Waals surface area contributed by atoms with Gasteiger partial charge in [0.15, 0.2) is 0 Å². The summed E-state index contributed by atoms with van der Waals surface area (Å²) in [6, 6.07) is 7.62. The summed E-state index contributed by atoms with van der Waals surface area (Å²) >= 11 is 1.74. The van der Waals surface area contributed by atoms with E-state index in [1.54, 1.807) is 30.4 Å². The number of aromatic carboxylic acids is 1. The molecule has 100 valence electrons. The molecule has 0 saturated heterocycles. The van der Waals surface area contributed by atoms with Crippen molar-refractivity contribution in [3.63, 3.8) is 0 Å². The smallest absolute Gasteiger partial charge is 0.337 e. The SMILES string of the molecule is Cc1ccc(C(C)Nc2ccc(C(=O)O)c(C)n2)s1. The molecule has 2 rings (SSSR count). The molecule has 0 amide bonds. The quantitative estimate of drug-likeness (QED) is 0.895. The third-order valence-electron chi connectivity index (χ3n) is 2.87. The van der Waals surface area contributed by atoms with Crippen LogP contribution in [0.1, 0.15) is 38.8 Å². The minimum atomic E-state index is -0.946. The van der Waals surface area contributed by atoms with Crippen LogP contribution < -0.4 is 5.32 Å². The van der Waals surface area contributed by atoms with Crippen LogP contribution in [-0.4, -0.2) is 16.1 Å². The molecule has 2 N–H and O–H groups in total. The number of carboxylic acid groups (broad SMARTS) is 1. The molecule has 2 heterocycles. The highest BCUT2D eigenvalue weighted by Crippen LogP contribution is 2.25. The highest BCUT2D eigenvalue weighted by Gasteiger charge is 2.11. The van der Waals surface area contributed by atoms with Crippen LogP contribution in [0, 0.1) is 13.8 Å². The Morgan fingerprint density at radius 1 is 1.32 bits per heavy atom. The first kappa shape index (κ1) is 13.5. The monoisotopic (exact) mass is 276 g/mol. The fourth-order valence-corrected chi connectivity index (χ4v) is 2.73. The predicted octanol–water partition coefficient (Wildman–Crippen LogP) is 3.63. The van der Waals surface area contributed by atoms with Crippen LogP contribution in [0.15, 0.2) is 24.3 Å². The molecule has 0 aliphatic carbocycles. The second-order valence-electron chi connectivity index (χ2n) is 4.45. The first-order valence-corrected chi connectivity index (χ1v) is 6.83. The Bertz CT molecular complexity index is 607. The molecular weight excluding hydrogens is 260 g/mol. The highest BCUT2D eigenvalue weighted by molar-refractivity contribution is 7.12. The largest absolute Gasteiger partial charge is 0.478 e. The molecular formula is C14H16N2O2S. The van der Waals surface area contributed by atoms with Gasteiger partial charge in [-0.3, -0.25) is 0 Å². The van der Waals surface area contributed by atoms with Crippen molar-refractivity contribution in [1.29, 1.82) is 0 Å². The summed E-state index contributed by atoms with van der Waals surface area (Å²) < 4.78 is 0. The van der Waals surface area contributed by atoms with Crippen molar-refractivity contribution in [3.8, 4) is 0 Å². The summed E-state index contributed by atoms with van der Waals surface area (Å²) in [4.78, 5) is 17.7. The number of nitrogens with zero attached hydrogens (tertiary/aromatic N) is 1. The Hall–Kier alpha value is -1.88. The van der Waals surface area contributed by atoms with Gasteiger partial charge in [0.2, 0.25) is 0 Å². The maximum absolute atomic E-state index is 10.9. The third kappa shape index (κ3) is 3.12. The van der Waals surface area contributed by atoms with E-state index in [0.29, 0.717) is 11.5 Å². The number of pyridine rings is 1. The molecule has 0 bridgehead atoms. The average molecular weight is 276 g/mol. The molecule has 2 aromatic heterocycles. The van der Waals surface area contributed by atoms with Gasteiger partial charge in [0, 0.05) is 9.75 Å². The molecule has 0 aromatic carbocycles. The zero-order valence-corrected chi connectivity index (χ0v) is 11.9. The lowest BCUT2D eigenvalue weighted by molar-refractivity contribution is 0.0695. The normalized spacial score (nSPS) is 12.2. The van der Waals surface area contributed by atoms with Gasteiger partial charge in [0.25, 0.3) is 0 Å². The predicted molar refractivity (Wildman–Crippen MR) is 77.0 cm³/mol. The van der Waals surface area contributed by atoms with Crippen molar-refractivity contribution in [2.24, 2.45) is 0 Å². The van der Waals surface area contributed by atoms with Crippen LogP contribution >= 0.6 is 11.3 Å². The lowest BCUT2D eigenvalue weighted by atomic mass is 10.2. The number of rotatable bonds is 4. The van der Waals surface area contributed by atoms with Gasteiger partial charge in [-0.2, -0.15) is 0 Å². The van der Waals surface area contributed by atoms with Gasteiger partial charge in [-0.05, 0) is 45.0 Å². The number of thiophene rings is 1. The van der Waals surface area contributed by atoms with Crippen molar-refractivity contribution in [2.45, 2.75) is 26.8 Å². The van der Waals surface area contributed by atoms with Crippen molar-refractivity contribution in [2.75, 3.05) is 5.32 Å². The molecule has 1 atom stereocenters. The van der Waals surface area contributed by atoms with Gasteiger partial charge in [0.05, 0.1) is 17.3 Å². The molecule has 0 aliphatic rings. The average Bonchev–Trinajstić information content (AvgIpc) is 2.75. The van der Waals surface area contributed by atoms with Crippen molar-refractivity contribution < 1.29 is 9.90 Å². The lowest BCUT2D eigenvalue weighted by Crippen LogP contribution is -2.09. The lowest BCUT2D eigenvalue weighted by Gasteiger charge is -2.13. The molecule has 0 fully saturated rings. The molecule has 4 nitrogen and oxygen atoms in total. The number of carbonyl (C=O) groups is 1. The second-order valence-corrected chi connectivity index (χ2v) is 5.77. The first-order chi connectivity index (χ1) is 8.97. The molecule has 0 saturated carbocycles. The summed E-state index contributed by atoms with van der Waals surface area (Å²) in [6.07, 6.45) is 0. The van der Waals surface area contributed by atoms with E-state index in [1.165, 1.54) is 9.75 Å². The van der Waals surface area contributed by atoms with Crippen molar-refractivity contribution >= 4 is 23.1 Å². The highest BCUT2D eigenvalue weighted by atomic mass is 32.1. The Morgan fingerprint density at radius 3 is 2.58 bits per heavy atom. The van der Waals surface area contributed by atoms with E-state index >= 15 is 0 Å². The van der Waals surface area contributed by atoms with E-state index < -0.39 is 5.97 Å². The van der Waals surface area contributed by atoms with Gasteiger partial charge >= 0.3 is 5.97 Å². The van der Waals surface area contributed by atoms with E-state index in [4.69, 9.17) is 5.11 Å². The van der Waals surface area contributed by atoms with E-state index in [9.17, 15) is 4.79 Å². The Morgan fingerprint density at radius 2 is 2.05 bits per heavy atom. The van der Waals surface area contributed by atoms with E-state index in [1.807, 2.05) is 0 Å². The van der Waals surface area contributed by atoms with Crippen LogP contribution in [0.5, 0.6) is 0 Å². The summed E-state index contributed by atoms with van der Waals surface area (Å²) in [5.74, 6) is -0.250. The minimum Gasteiger partial charge on any atom is -0.478 e. The molecule has 1 unspecified atom stereocenters. The fraction of sp³-hybridized carbons (Fsp3) is 0.286. The van der Waals surface area contributed by atoms with Gasteiger partial charge in [-0.15, -0.1) is 11.3 Å². The number of aromatic nitrogens is 1. The number of hydrogen-bond donors (Lipinski definition) is 2. The topological polar surface area (TPSA) is 62.2 Å². The van der Waals surface area contributed by atoms with Crippen molar-refractivity contribution in [1.82, 2.24) is 4.98 Å². The fourth-order valence-electron chi connectivity index (χ4n) is 1.85. The van der Waals surface area contributed by atoms with E-state index in [2.05, 4.69) is 36.3 Å². The molecule has 19 heavy (non-hydrogen) atoms. The van der Waals surface area contributed by atoms with Gasteiger partial charge in [-0.1, -0.05) is 0 Å². The number of carboxylic acids is 1. The van der Waals surface area contributed by atoms with Gasteiger partial charge in [-0.25, -0.2) is 9.78 Å². The Balaban J connectivity index is 2.15. The second kappa shape index (κ2) is 5.40. The maximum Gasteiger partial charge on any atom is 0.337 e. The number of anilines is 1. The summed E-state index contributed by atoms with van der Waals surface area (Å²) in [5, 5.41) is 12.2. The molecule has 0 radical (unpaired) electrons. The summed E-state index contributed by atoms with van der Waals surface area (Å²) in [5.41, 5.74) is 0.761. The number of hydrogen-bond acceptors (Lipinski definition) is 4. The van der Waals surface area contributed by atoms with Gasteiger partial charge < -0.3 is 10.4 Å². The summed E-state index contributed by atoms with van der Waals surface area (Å²) in [7, 11) is 0. The first-order valence-electron chi connectivity index (χ1n) is 6.01. The number of aryl methyl sites for hydroxylation is 2. The zero-order chi connectivity index (χ0) is 14.0. The molecule has 5 heteroatoms. The molecule has 0 aliphatic heterocycles. The molecule has 2 aromatic rings. The van der Waals surface area contributed by atoms with Crippen LogP contribution in [0.2, 0.25) is 0 Å². The van der Waals surface area contributed by atoms with Crippen LogP contribution in [0.4, 0.5) is 5.82 Å². The van der Waals surface area contributed by atoms with Crippen LogP contribution in [0.3, 0.4) is 0 Å². The van der Waals surface area contributed by atoms with Gasteiger partial charge in [0.1, 0.15) is 5.82 Å². The maximum atomic E-state index is 10.9. The van der Waals surface area contributed by atoms with Crippen molar-refractivity contribution in [3.05, 3.63) is 45.3 Å². The number of nitrogens with one attached hydrogen (secondary N) is 1. The standard InChI is InChI=1S/C14H16N2O2S/c1-8-4-6-12(19-8)10(3)16-13-7-5-11(14(17)18)9(2)15-13/h4-7,10H,1-3H3,(H,15,16)(H,17,18). The third-order valence-corrected chi connectivity index (χ3v) is 4.05. The summed E-state index contributed by atoms with van der Waals surface area (Å²) in [6.45, 7) is 5.84. The van der Waals surface area contributed by atoms with E-state index in [0.717, 1.165) is 0 Å². The zero-order valence-electron chi connectivity index (χ0n) is 11.1. The van der Waals surface area contributed by atoms with E-state index in [-0.39, 0.29) is 11.6 Å². The Kier molecular flexibility index (Phi) is 3.85. The molecule has 0 spiro atoms. The minimum absolute atomic E-state index is 0.154. The Labute approximate surface area is 116 Å². The van der Waals surface area contributed by atoms with Crippen LogP contribution in [0.25, 0.3) is 0 Å².